The van der Waals surface area contributed by atoms with Crippen molar-refractivity contribution in [2.45, 2.75) is 6.29 Å². The van der Waals surface area contributed by atoms with Gasteiger partial charge in [0.25, 0.3) is 0 Å². The Morgan fingerprint density at radius 1 is 0.944 bits per heavy atom. The van der Waals surface area contributed by atoms with Gasteiger partial charge in [-0.2, -0.15) is 0 Å². The molecule has 0 heterocycles. The molecular weight excluding hydrogens is 288 g/mol. The fourth-order valence-electron chi connectivity index (χ4n) is 1.04. The van der Waals surface area contributed by atoms with Crippen molar-refractivity contribution in [2.75, 3.05) is 5.73 Å². The third-order valence-electron chi connectivity index (χ3n) is 1.67. The highest BCUT2D eigenvalue weighted by atomic mass is 31.2. The third kappa shape index (κ3) is 5.72. The van der Waals surface area contributed by atoms with E-state index in [0.29, 0.717) is 5.69 Å². The van der Waals surface area contributed by atoms with E-state index in [1.807, 2.05) is 0 Å². The lowest BCUT2D eigenvalue weighted by Gasteiger charge is -2.19. The highest BCUT2D eigenvalue weighted by Crippen LogP contribution is 2.49. The number of hydrogen-bond acceptors (Lipinski definition) is 5. The zero-order valence-corrected chi connectivity index (χ0v) is 10.6. The zero-order valence-electron chi connectivity index (χ0n) is 8.78. The average molecular weight is 299 g/mol. The molecule has 0 fully saturated rings. The topological polar surface area (TPSA) is 160 Å². The highest BCUT2D eigenvalue weighted by Gasteiger charge is 2.30. The predicted octanol–water partition coefficient (Wildman–Crippen LogP) is 0.486. The first-order valence-electron chi connectivity index (χ1n) is 4.40. The van der Waals surface area contributed by atoms with E-state index < -0.39 is 21.9 Å². The molecule has 0 bridgehead atoms. The largest absolute Gasteiger partial charge is 0.472 e. The maximum absolute atomic E-state index is 10.7. The van der Waals surface area contributed by atoms with Gasteiger partial charge in [0.15, 0.2) is 0 Å². The molecule has 9 nitrogen and oxygen atoms in total. The van der Waals surface area contributed by atoms with Crippen molar-refractivity contribution >= 4 is 21.3 Å². The summed E-state index contributed by atoms with van der Waals surface area (Å²) in [5, 5.41) is 0. The second-order valence-corrected chi connectivity index (χ2v) is 5.57. The summed E-state index contributed by atoms with van der Waals surface area (Å²) >= 11 is 0. The first-order chi connectivity index (χ1) is 8.07. The standard InChI is InChI=1S/C7H11NO8P2/c8-6-3-1-5(2-4-6)7(15-17(9,10)11)16-18(12,13)14/h1-4,7H,8H2,(H2,9,10,11)(H2,12,13,14). The van der Waals surface area contributed by atoms with Gasteiger partial charge in [0, 0.05) is 11.3 Å². The maximum atomic E-state index is 10.7. The van der Waals surface area contributed by atoms with Gasteiger partial charge in [-0.3, -0.25) is 9.05 Å². The molecule has 11 heteroatoms. The second kappa shape index (κ2) is 5.48. The summed E-state index contributed by atoms with van der Waals surface area (Å²) in [5.41, 5.74) is 5.74. The number of benzene rings is 1. The van der Waals surface area contributed by atoms with E-state index in [4.69, 9.17) is 25.3 Å². The minimum atomic E-state index is -4.98. The number of nitrogens with two attached hydrogens (primary N) is 1. The van der Waals surface area contributed by atoms with E-state index in [-0.39, 0.29) is 5.56 Å². The molecule has 0 aromatic heterocycles. The molecule has 102 valence electrons. The fraction of sp³-hybridized carbons (Fsp3) is 0.143. The lowest BCUT2D eigenvalue weighted by Crippen LogP contribution is -2.06. The van der Waals surface area contributed by atoms with Crippen molar-refractivity contribution < 1.29 is 37.8 Å². The highest BCUT2D eigenvalue weighted by molar-refractivity contribution is 7.47. The molecule has 6 N–H and O–H groups in total. The van der Waals surface area contributed by atoms with E-state index in [1.54, 1.807) is 0 Å². The smallest absolute Gasteiger partial charge is 0.399 e. The number of phosphoric ester groups is 2. The lowest BCUT2D eigenvalue weighted by atomic mass is 10.2. The molecule has 0 unspecified atom stereocenters. The van der Waals surface area contributed by atoms with E-state index in [9.17, 15) is 9.13 Å². The van der Waals surface area contributed by atoms with Gasteiger partial charge in [0.1, 0.15) is 0 Å². The van der Waals surface area contributed by atoms with Crippen molar-refractivity contribution in [3.05, 3.63) is 29.8 Å². The monoisotopic (exact) mass is 299 g/mol. The van der Waals surface area contributed by atoms with Gasteiger partial charge in [-0.25, -0.2) is 9.13 Å². The van der Waals surface area contributed by atoms with Crippen LogP contribution in [0.25, 0.3) is 0 Å². The normalized spacial score (nSPS) is 12.9. The van der Waals surface area contributed by atoms with Crippen LogP contribution in [0, 0.1) is 0 Å². The summed E-state index contributed by atoms with van der Waals surface area (Å²) in [4.78, 5) is 34.5. The van der Waals surface area contributed by atoms with Crippen LogP contribution in [0.1, 0.15) is 11.9 Å². The minimum Gasteiger partial charge on any atom is -0.399 e. The van der Waals surface area contributed by atoms with Gasteiger partial charge in [-0.1, -0.05) is 12.1 Å². The Hall–Kier alpha value is -0.760. The lowest BCUT2D eigenvalue weighted by molar-refractivity contribution is -0.0355. The summed E-state index contributed by atoms with van der Waals surface area (Å²) in [7, 11) is -9.97. The van der Waals surface area contributed by atoms with Crippen molar-refractivity contribution in [3.8, 4) is 0 Å². The van der Waals surface area contributed by atoms with Crippen LogP contribution in [-0.2, 0) is 18.2 Å². The van der Waals surface area contributed by atoms with Crippen LogP contribution in [0.3, 0.4) is 0 Å². The number of hydrogen-bond donors (Lipinski definition) is 5. The summed E-state index contributed by atoms with van der Waals surface area (Å²) in [6.07, 6.45) is -1.91. The van der Waals surface area contributed by atoms with Gasteiger partial charge in [0.2, 0.25) is 6.29 Å². The molecule has 0 spiro atoms. The van der Waals surface area contributed by atoms with E-state index in [0.717, 1.165) is 0 Å². The predicted molar refractivity (Wildman–Crippen MR) is 59.9 cm³/mol. The molecule has 1 aromatic carbocycles. The van der Waals surface area contributed by atoms with Crippen LogP contribution >= 0.6 is 15.6 Å². The van der Waals surface area contributed by atoms with Crippen LogP contribution in [0.5, 0.6) is 0 Å². The van der Waals surface area contributed by atoms with Crippen molar-refractivity contribution in [2.24, 2.45) is 0 Å². The molecular formula is C7H11NO8P2. The minimum absolute atomic E-state index is 0.00384. The molecule has 1 rings (SSSR count). The molecule has 0 radical (unpaired) electrons. The molecule has 0 aliphatic carbocycles. The fourth-order valence-corrected chi connectivity index (χ4v) is 1.94. The molecule has 0 aliphatic rings. The number of anilines is 1. The van der Waals surface area contributed by atoms with Crippen molar-refractivity contribution in [3.63, 3.8) is 0 Å². The van der Waals surface area contributed by atoms with Crippen LogP contribution in [0.15, 0.2) is 24.3 Å². The molecule has 0 saturated heterocycles. The van der Waals surface area contributed by atoms with Crippen LogP contribution in [-0.4, -0.2) is 19.6 Å². The Labute approximate surface area is 102 Å². The third-order valence-corrected chi connectivity index (χ3v) is 2.61. The SMILES string of the molecule is Nc1ccc(C(OP(=O)(O)O)OP(=O)(O)O)cc1. The average Bonchev–Trinajstić information content (AvgIpc) is 2.13. The Morgan fingerprint density at radius 3 is 1.67 bits per heavy atom. The molecule has 18 heavy (non-hydrogen) atoms. The Morgan fingerprint density at radius 2 is 1.33 bits per heavy atom. The first kappa shape index (κ1) is 15.3. The van der Waals surface area contributed by atoms with Crippen LogP contribution < -0.4 is 5.73 Å². The maximum Gasteiger partial charge on any atom is 0.472 e. The van der Waals surface area contributed by atoms with E-state index >= 15 is 0 Å². The number of phosphoric acid groups is 2. The Bertz CT molecular complexity index is 467. The Balaban J connectivity index is 3.00. The van der Waals surface area contributed by atoms with Gasteiger partial charge >= 0.3 is 15.6 Å². The molecule has 1 aromatic rings. The van der Waals surface area contributed by atoms with Crippen LogP contribution in [0.2, 0.25) is 0 Å². The Kier molecular flexibility index (Phi) is 4.66. The summed E-state index contributed by atoms with van der Waals surface area (Å²) in [5.74, 6) is 0. The quantitative estimate of drug-likeness (QED) is 0.296. The van der Waals surface area contributed by atoms with Crippen molar-refractivity contribution in [1.82, 2.24) is 0 Å². The molecule has 0 saturated carbocycles. The van der Waals surface area contributed by atoms with E-state index in [1.165, 1.54) is 24.3 Å². The van der Waals surface area contributed by atoms with Gasteiger partial charge in [0.05, 0.1) is 0 Å². The summed E-state index contributed by atoms with van der Waals surface area (Å²) in [6.45, 7) is 0. The van der Waals surface area contributed by atoms with Gasteiger partial charge in [-0.15, -0.1) is 0 Å². The number of nitrogen functional groups attached to an aromatic ring is 1. The van der Waals surface area contributed by atoms with Crippen molar-refractivity contribution in [1.29, 1.82) is 0 Å². The zero-order chi connectivity index (χ0) is 14.0. The summed E-state index contributed by atoms with van der Waals surface area (Å²) < 4.78 is 29.7. The first-order valence-corrected chi connectivity index (χ1v) is 7.46. The van der Waals surface area contributed by atoms with Gasteiger partial charge < -0.3 is 25.3 Å². The molecule has 0 atom stereocenters. The molecule has 0 aliphatic heterocycles. The van der Waals surface area contributed by atoms with Gasteiger partial charge in [-0.05, 0) is 12.1 Å². The second-order valence-electron chi connectivity index (χ2n) is 3.19. The molecule has 0 amide bonds. The van der Waals surface area contributed by atoms with E-state index in [2.05, 4.69) is 9.05 Å². The van der Waals surface area contributed by atoms with Crippen LogP contribution in [0.4, 0.5) is 5.69 Å². The number of rotatable bonds is 5. The summed E-state index contributed by atoms with van der Waals surface area (Å²) in [6, 6.07) is 5.22.